The number of carbonyl (C=O) groups is 1. The number of methoxy groups -OCH3 is 1. The number of hydrogen-bond donors (Lipinski definition) is 0. The van der Waals surface area contributed by atoms with Gasteiger partial charge in [-0.2, -0.15) is 0 Å². The lowest BCUT2D eigenvalue weighted by Crippen LogP contribution is -2.42. The van der Waals surface area contributed by atoms with Crippen LogP contribution in [0.2, 0.25) is 18.1 Å². The van der Waals surface area contributed by atoms with Crippen molar-refractivity contribution in [2.24, 2.45) is 0 Å². The molecule has 1 heterocycles. The fourth-order valence-corrected chi connectivity index (χ4v) is 2.92. The van der Waals surface area contributed by atoms with E-state index in [4.69, 9.17) is 13.9 Å². The molecule has 0 saturated carbocycles. The Morgan fingerprint density at radius 1 is 1.37 bits per heavy atom. The lowest BCUT2D eigenvalue weighted by Gasteiger charge is -2.37. The highest BCUT2D eigenvalue weighted by Crippen LogP contribution is 2.36. The van der Waals surface area contributed by atoms with Gasteiger partial charge in [-0.05, 0) is 18.1 Å². The van der Waals surface area contributed by atoms with Gasteiger partial charge < -0.3 is 13.9 Å². The quantitative estimate of drug-likeness (QED) is 0.576. The maximum atomic E-state index is 11.4. The molecule has 0 spiro atoms. The molecule has 0 aromatic carbocycles. The van der Waals surface area contributed by atoms with Crippen LogP contribution in [0, 0.1) is 0 Å². The zero-order chi connectivity index (χ0) is 14.7. The van der Waals surface area contributed by atoms with Gasteiger partial charge in [0.05, 0.1) is 12.5 Å². The SMILES string of the molecule is CO[C@H]1CC(=O)O[C@H](CCO[Si](C)(C)C(C)(C)C)C1. The second-order valence-electron chi connectivity index (χ2n) is 6.81. The summed E-state index contributed by atoms with van der Waals surface area (Å²) in [7, 11) is -0.0582. The molecule has 0 N–H and O–H groups in total. The Balaban J connectivity index is 2.39. The smallest absolute Gasteiger partial charge is 0.308 e. The second kappa shape index (κ2) is 6.37. The highest BCUT2D eigenvalue weighted by molar-refractivity contribution is 6.74. The molecule has 1 aliphatic heterocycles. The summed E-state index contributed by atoms with van der Waals surface area (Å²) < 4.78 is 16.7. The molecule has 112 valence electrons. The van der Waals surface area contributed by atoms with Crippen LogP contribution in [0.1, 0.15) is 40.0 Å². The highest BCUT2D eigenvalue weighted by atomic mass is 28.4. The molecule has 0 aliphatic carbocycles. The Hall–Kier alpha value is -0.393. The van der Waals surface area contributed by atoms with Crippen molar-refractivity contribution < 1.29 is 18.7 Å². The zero-order valence-corrected chi connectivity index (χ0v) is 14.1. The van der Waals surface area contributed by atoms with E-state index in [0.29, 0.717) is 13.0 Å². The van der Waals surface area contributed by atoms with Crippen molar-refractivity contribution in [2.45, 2.75) is 70.4 Å². The Morgan fingerprint density at radius 2 is 2.00 bits per heavy atom. The molecule has 1 saturated heterocycles. The van der Waals surface area contributed by atoms with Crippen LogP contribution in [0.25, 0.3) is 0 Å². The molecule has 0 amide bonds. The van der Waals surface area contributed by atoms with Gasteiger partial charge >= 0.3 is 5.97 Å². The van der Waals surface area contributed by atoms with Crippen molar-refractivity contribution in [3.63, 3.8) is 0 Å². The van der Waals surface area contributed by atoms with Crippen LogP contribution in [0.5, 0.6) is 0 Å². The molecule has 19 heavy (non-hydrogen) atoms. The summed E-state index contributed by atoms with van der Waals surface area (Å²) in [5.74, 6) is -0.157. The van der Waals surface area contributed by atoms with E-state index in [2.05, 4.69) is 33.9 Å². The molecular weight excluding hydrogens is 260 g/mol. The van der Waals surface area contributed by atoms with E-state index in [-0.39, 0.29) is 23.2 Å². The van der Waals surface area contributed by atoms with Crippen LogP contribution in [-0.4, -0.2) is 40.2 Å². The van der Waals surface area contributed by atoms with Crippen molar-refractivity contribution in [3.05, 3.63) is 0 Å². The average molecular weight is 288 g/mol. The average Bonchev–Trinajstić information content (AvgIpc) is 2.26. The summed E-state index contributed by atoms with van der Waals surface area (Å²) in [6, 6.07) is 0. The van der Waals surface area contributed by atoms with Gasteiger partial charge in [0.25, 0.3) is 0 Å². The fraction of sp³-hybridized carbons (Fsp3) is 0.929. The molecule has 0 aromatic rings. The molecule has 1 rings (SSSR count). The monoisotopic (exact) mass is 288 g/mol. The third-order valence-electron chi connectivity index (χ3n) is 4.26. The summed E-state index contributed by atoms with van der Waals surface area (Å²) in [5, 5.41) is 0.214. The van der Waals surface area contributed by atoms with E-state index >= 15 is 0 Å². The van der Waals surface area contributed by atoms with E-state index in [9.17, 15) is 4.79 Å². The first-order chi connectivity index (χ1) is 8.65. The highest BCUT2D eigenvalue weighted by Gasteiger charge is 2.37. The van der Waals surface area contributed by atoms with Crippen molar-refractivity contribution in [2.75, 3.05) is 13.7 Å². The van der Waals surface area contributed by atoms with Crippen LogP contribution in [-0.2, 0) is 18.7 Å². The third kappa shape index (κ3) is 4.89. The van der Waals surface area contributed by atoms with E-state index in [0.717, 1.165) is 12.8 Å². The topological polar surface area (TPSA) is 44.8 Å². The minimum atomic E-state index is -1.70. The van der Waals surface area contributed by atoms with Crippen molar-refractivity contribution >= 4 is 14.3 Å². The van der Waals surface area contributed by atoms with E-state index in [1.165, 1.54) is 0 Å². The number of cyclic esters (lactones) is 1. The van der Waals surface area contributed by atoms with Gasteiger partial charge in [-0.15, -0.1) is 0 Å². The largest absolute Gasteiger partial charge is 0.462 e. The number of esters is 1. The Bertz CT molecular complexity index is 309. The summed E-state index contributed by atoms with van der Waals surface area (Å²) in [4.78, 5) is 11.4. The summed E-state index contributed by atoms with van der Waals surface area (Å²) in [6.07, 6.45) is 1.85. The van der Waals surface area contributed by atoms with Crippen LogP contribution in [0.15, 0.2) is 0 Å². The van der Waals surface area contributed by atoms with E-state index < -0.39 is 8.32 Å². The minimum absolute atomic E-state index is 0.000814. The van der Waals surface area contributed by atoms with Crippen LogP contribution in [0.4, 0.5) is 0 Å². The zero-order valence-electron chi connectivity index (χ0n) is 13.1. The second-order valence-corrected chi connectivity index (χ2v) is 11.6. The van der Waals surface area contributed by atoms with Crippen molar-refractivity contribution in [1.29, 1.82) is 0 Å². The lowest BCUT2D eigenvalue weighted by atomic mass is 10.0. The first-order valence-electron chi connectivity index (χ1n) is 7.02. The lowest BCUT2D eigenvalue weighted by molar-refractivity contribution is -0.162. The summed E-state index contributed by atoms with van der Waals surface area (Å²) in [6.45, 7) is 11.8. The molecule has 2 atom stereocenters. The van der Waals surface area contributed by atoms with Crippen molar-refractivity contribution in [3.8, 4) is 0 Å². The number of ether oxygens (including phenoxy) is 2. The molecule has 4 nitrogen and oxygen atoms in total. The Kier molecular flexibility index (Phi) is 5.59. The predicted molar refractivity (Wildman–Crippen MR) is 77.7 cm³/mol. The fourth-order valence-electron chi connectivity index (χ4n) is 1.86. The Labute approximate surface area is 117 Å². The minimum Gasteiger partial charge on any atom is -0.462 e. The maximum absolute atomic E-state index is 11.4. The molecule has 0 aromatic heterocycles. The molecule has 1 aliphatic rings. The van der Waals surface area contributed by atoms with Gasteiger partial charge in [-0.3, -0.25) is 4.79 Å². The number of carbonyl (C=O) groups excluding carboxylic acids is 1. The van der Waals surface area contributed by atoms with Crippen LogP contribution >= 0.6 is 0 Å². The standard InChI is InChI=1S/C14H28O4Si/c1-14(2,3)19(5,6)17-8-7-11-9-12(16-4)10-13(15)18-11/h11-12H,7-10H2,1-6H3/t11-,12-/m1/s1. The normalized spacial score (nSPS) is 25.3. The van der Waals surface area contributed by atoms with Gasteiger partial charge in [0, 0.05) is 26.6 Å². The first-order valence-corrected chi connectivity index (χ1v) is 9.93. The van der Waals surface area contributed by atoms with Crippen molar-refractivity contribution in [1.82, 2.24) is 0 Å². The van der Waals surface area contributed by atoms with Crippen LogP contribution < -0.4 is 0 Å². The van der Waals surface area contributed by atoms with Gasteiger partial charge in [0.2, 0.25) is 0 Å². The molecular formula is C14H28O4Si. The summed E-state index contributed by atoms with van der Waals surface area (Å²) >= 11 is 0. The molecule has 0 radical (unpaired) electrons. The molecule has 0 bridgehead atoms. The maximum Gasteiger partial charge on any atom is 0.308 e. The number of rotatable bonds is 5. The summed E-state index contributed by atoms with van der Waals surface area (Å²) in [5.41, 5.74) is 0. The molecule has 1 fully saturated rings. The Morgan fingerprint density at radius 3 is 2.53 bits per heavy atom. The molecule has 5 heteroatoms. The number of hydrogen-bond acceptors (Lipinski definition) is 4. The van der Waals surface area contributed by atoms with Gasteiger partial charge in [0.1, 0.15) is 6.10 Å². The van der Waals surface area contributed by atoms with Crippen LogP contribution in [0.3, 0.4) is 0 Å². The third-order valence-corrected chi connectivity index (χ3v) is 8.80. The van der Waals surface area contributed by atoms with Gasteiger partial charge in [0.15, 0.2) is 8.32 Å². The van der Waals surface area contributed by atoms with Gasteiger partial charge in [-0.25, -0.2) is 0 Å². The van der Waals surface area contributed by atoms with E-state index in [1.54, 1.807) is 7.11 Å². The van der Waals surface area contributed by atoms with E-state index in [1.807, 2.05) is 0 Å². The predicted octanol–water partition coefficient (Wildman–Crippen LogP) is 3.12. The first kappa shape index (κ1) is 16.7. The van der Waals surface area contributed by atoms with Gasteiger partial charge in [-0.1, -0.05) is 20.8 Å². The molecule has 0 unspecified atom stereocenters.